The number of likely N-dealkylation sites (N-methyl/N-ethyl adjacent to an activating group) is 2. The molecule has 0 aliphatic carbocycles. The highest BCUT2D eigenvalue weighted by molar-refractivity contribution is 6.10. The highest BCUT2D eigenvalue weighted by Crippen LogP contribution is 2.39. The summed E-state index contributed by atoms with van der Waals surface area (Å²) >= 11 is 0. The smallest absolute Gasteiger partial charge is 0.328 e. The molecule has 0 radical (unpaired) electrons. The highest BCUT2D eigenvalue weighted by Gasteiger charge is 2.54. The number of amides is 3. The molecule has 8 nitrogen and oxygen atoms in total. The van der Waals surface area contributed by atoms with E-state index in [9.17, 15) is 14.7 Å². The third kappa shape index (κ3) is 1.97. The van der Waals surface area contributed by atoms with Gasteiger partial charge in [0.25, 0.3) is 5.91 Å². The van der Waals surface area contributed by atoms with Gasteiger partial charge in [-0.3, -0.25) is 14.6 Å². The van der Waals surface area contributed by atoms with Crippen molar-refractivity contribution in [3.8, 4) is 5.75 Å². The van der Waals surface area contributed by atoms with E-state index in [1.165, 1.54) is 9.80 Å². The molecule has 0 bridgehead atoms. The van der Waals surface area contributed by atoms with Crippen LogP contribution in [0.3, 0.4) is 0 Å². The molecule has 3 aliphatic heterocycles. The fraction of sp³-hybridized carbons (Fsp3) is 0.353. The second-order valence-corrected chi connectivity index (χ2v) is 6.27. The number of guanidine groups is 1. The minimum absolute atomic E-state index is 0.126. The van der Waals surface area contributed by atoms with E-state index in [1.807, 2.05) is 19.2 Å². The first-order valence-corrected chi connectivity index (χ1v) is 8.16. The highest BCUT2D eigenvalue weighted by atomic mass is 16.3. The number of hydrogen-bond donors (Lipinski definition) is 1. The Morgan fingerprint density at radius 2 is 1.96 bits per heavy atom. The van der Waals surface area contributed by atoms with E-state index in [4.69, 9.17) is 0 Å². The van der Waals surface area contributed by atoms with Crippen LogP contribution in [0, 0.1) is 0 Å². The molecule has 0 spiro atoms. The van der Waals surface area contributed by atoms with Crippen molar-refractivity contribution in [3.05, 3.63) is 36.2 Å². The lowest BCUT2D eigenvalue weighted by Crippen LogP contribution is -2.64. The maximum absolute atomic E-state index is 12.8. The number of carbonyl (C=O) groups is 2. The number of anilines is 1. The van der Waals surface area contributed by atoms with Gasteiger partial charge >= 0.3 is 6.03 Å². The summed E-state index contributed by atoms with van der Waals surface area (Å²) in [5.41, 5.74) is 1.43. The lowest BCUT2D eigenvalue weighted by Gasteiger charge is -2.39. The van der Waals surface area contributed by atoms with Gasteiger partial charge in [0.15, 0.2) is 12.2 Å². The first kappa shape index (κ1) is 15.5. The van der Waals surface area contributed by atoms with E-state index in [2.05, 4.69) is 4.99 Å². The van der Waals surface area contributed by atoms with E-state index in [-0.39, 0.29) is 17.7 Å². The van der Waals surface area contributed by atoms with Gasteiger partial charge in [-0.25, -0.2) is 9.79 Å². The number of phenolic OH excluding ortho intramolecular Hbond substituents is 1. The number of aliphatic imine (C=N–C) groups is 1. The number of rotatable bonds is 2. The molecule has 130 valence electrons. The zero-order valence-corrected chi connectivity index (χ0v) is 14.2. The number of nitrogens with zero attached hydrogens (tertiary/aromatic N) is 5. The Morgan fingerprint density at radius 3 is 2.64 bits per heavy atom. The zero-order valence-electron chi connectivity index (χ0n) is 14.2. The standard InChI is InChI=1S/C17H19N5O3/c1-4-20-15(24)13-14(19(3)17(20)25)18-16-21(13)9-10(2)22(16)11-7-5-6-8-12(11)23/h5-9,13-14,23H,4H2,1-3H3. The van der Waals surface area contributed by atoms with Crippen LogP contribution in [0.1, 0.15) is 13.8 Å². The molecule has 1 aromatic carbocycles. The van der Waals surface area contributed by atoms with Crippen LogP contribution in [0.25, 0.3) is 0 Å². The second-order valence-electron chi connectivity index (χ2n) is 6.27. The van der Waals surface area contributed by atoms with E-state index in [0.29, 0.717) is 18.2 Å². The largest absolute Gasteiger partial charge is 0.506 e. The molecule has 25 heavy (non-hydrogen) atoms. The van der Waals surface area contributed by atoms with Crippen LogP contribution < -0.4 is 4.90 Å². The van der Waals surface area contributed by atoms with Crippen LogP contribution in [0.15, 0.2) is 41.2 Å². The lowest BCUT2D eigenvalue weighted by molar-refractivity contribution is -0.136. The number of imide groups is 1. The van der Waals surface area contributed by atoms with Crippen molar-refractivity contribution >= 4 is 23.6 Å². The molecule has 1 aromatic rings. The van der Waals surface area contributed by atoms with Crippen molar-refractivity contribution in [3.63, 3.8) is 0 Å². The number of hydrogen-bond acceptors (Lipinski definition) is 6. The summed E-state index contributed by atoms with van der Waals surface area (Å²) in [5.74, 6) is 0.415. The van der Waals surface area contributed by atoms with Crippen molar-refractivity contribution in [1.29, 1.82) is 0 Å². The van der Waals surface area contributed by atoms with Crippen molar-refractivity contribution in [2.75, 3.05) is 18.5 Å². The van der Waals surface area contributed by atoms with Gasteiger partial charge in [0.1, 0.15) is 5.75 Å². The average Bonchev–Trinajstić information content (AvgIpc) is 3.09. The van der Waals surface area contributed by atoms with Crippen LogP contribution in [-0.2, 0) is 4.79 Å². The fourth-order valence-electron chi connectivity index (χ4n) is 3.60. The Bertz CT molecular complexity index is 833. The number of allylic oxidation sites excluding steroid dienone is 1. The molecule has 1 fully saturated rings. The predicted molar refractivity (Wildman–Crippen MR) is 91.7 cm³/mol. The summed E-state index contributed by atoms with van der Waals surface area (Å²) in [7, 11) is 1.65. The van der Waals surface area contributed by atoms with Gasteiger partial charge in [-0.05, 0) is 26.0 Å². The first-order valence-electron chi connectivity index (χ1n) is 8.16. The molecule has 1 N–H and O–H groups in total. The number of benzene rings is 1. The molecule has 3 aliphatic rings. The Hall–Kier alpha value is -3.03. The van der Waals surface area contributed by atoms with Crippen LogP contribution in [-0.4, -0.2) is 63.5 Å². The molecule has 3 heterocycles. The molecule has 3 amide bonds. The van der Waals surface area contributed by atoms with Crippen LogP contribution in [0.4, 0.5) is 10.5 Å². The summed E-state index contributed by atoms with van der Waals surface area (Å²) < 4.78 is 0. The second kappa shape index (κ2) is 5.23. The zero-order chi connectivity index (χ0) is 17.9. The third-order valence-electron chi connectivity index (χ3n) is 4.83. The topological polar surface area (TPSA) is 79.7 Å². The molecule has 8 heteroatoms. The number of para-hydroxylation sites is 2. The molecule has 0 aromatic heterocycles. The number of carbonyl (C=O) groups excluding carboxylic acids is 2. The van der Waals surface area contributed by atoms with Crippen molar-refractivity contribution in [2.45, 2.75) is 26.1 Å². The van der Waals surface area contributed by atoms with E-state index in [0.717, 1.165) is 5.70 Å². The van der Waals surface area contributed by atoms with Crippen LogP contribution in [0.2, 0.25) is 0 Å². The van der Waals surface area contributed by atoms with Gasteiger partial charge in [-0.2, -0.15) is 0 Å². The fourth-order valence-corrected chi connectivity index (χ4v) is 3.60. The summed E-state index contributed by atoms with van der Waals surface area (Å²) in [6.07, 6.45) is 1.27. The lowest BCUT2D eigenvalue weighted by atomic mass is 10.1. The summed E-state index contributed by atoms with van der Waals surface area (Å²) in [5, 5.41) is 10.2. The number of fused-ring (bicyclic) bond motifs is 3. The Kier molecular flexibility index (Phi) is 3.24. The quantitative estimate of drug-likeness (QED) is 0.878. The Balaban J connectivity index is 1.78. The minimum Gasteiger partial charge on any atom is -0.506 e. The molecule has 4 rings (SSSR count). The number of phenols is 1. The maximum atomic E-state index is 12.8. The van der Waals surface area contributed by atoms with Gasteiger partial charge < -0.3 is 14.9 Å². The van der Waals surface area contributed by atoms with E-state index < -0.39 is 12.2 Å². The molecule has 1 saturated heterocycles. The Morgan fingerprint density at radius 1 is 1.24 bits per heavy atom. The summed E-state index contributed by atoms with van der Waals surface area (Å²) in [6, 6.07) is 6.05. The predicted octanol–water partition coefficient (Wildman–Crippen LogP) is 1.35. The average molecular weight is 341 g/mol. The van der Waals surface area contributed by atoms with Gasteiger partial charge in [0, 0.05) is 25.5 Å². The normalized spacial score (nSPS) is 25.2. The van der Waals surface area contributed by atoms with E-state index >= 15 is 0 Å². The minimum atomic E-state index is -0.580. The van der Waals surface area contributed by atoms with Gasteiger partial charge in [0.2, 0.25) is 5.96 Å². The van der Waals surface area contributed by atoms with Gasteiger partial charge in [-0.1, -0.05) is 12.1 Å². The van der Waals surface area contributed by atoms with E-state index in [1.54, 1.807) is 42.0 Å². The van der Waals surface area contributed by atoms with Crippen molar-refractivity contribution in [1.82, 2.24) is 14.7 Å². The third-order valence-corrected chi connectivity index (χ3v) is 4.83. The molecular formula is C17H19N5O3. The molecule has 2 unspecified atom stereocenters. The number of aromatic hydroxyl groups is 1. The summed E-state index contributed by atoms with van der Waals surface area (Å²) in [6.45, 7) is 3.99. The van der Waals surface area contributed by atoms with Crippen molar-refractivity contribution < 1.29 is 14.7 Å². The van der Waals surface area contributed by atoms with Gasteiger partial charge in [0.05, 0.1) is 5.69 Å². The van der Waals surface area contributed by atoms with Crippen LogP contribution in [0.5, 0.6) is 5.75 Å². The SMILES string of the molecule is CCN1C(=O)C2C(N=C3N(c4ccccc4O)C(C)=CN32)N(C)C1=O. The molecule has 2 atom stereocenters. The molecule has 0 saturated carbocycles. The maximum Gasteiger partial charge on any atom is 0.328 e. The van der Waals surface area contributed by atoms with Crippen LogP contribution >= 0.6 is 0 Å². The Labute approximate surface area is 145 Å². The van der Waals surface area contributed by atoms with Gasteiger partial charge in [-0.15, -0.1) is 0 Å². The van der Waals surface area contributed by atoms with Crippen molar-refractivity contribution in [2.24, 2.45) is 4.99 Å². The first-order chi connectivity index (χ1) is 12.0. The monoisotopic (exact) mass is 341 g/mol. The number of urea groups is 1. The molecular weight excluding hydrogens is 322 g/mol. The summed E-state index contributed by atoms with van der Waals surface area (Å²) in [4.78, 5) is 36.2.